The fourth-order valence-electron chi connectivity index (χ4n) is 3.04. The minimum Gasteiger partial charge on any atom is -0.355 e. The molecule has 0 spiro atoms. The zero-order valence-corrected chi connectivity index (χ0v) is 14.9. The molecule has 0 aromatic heterocycles. The van der Waals surface area contributed by atoms with Crippen molar-refractivity contribution in [1.29, 1.82) is 0 Å². The van der Waals surface area contributed by atoms with Gasteiger partial charge in [0.15, 0.2) is 5.96 Å². The van der Waals surface area contributed by atoms with Crippen molar-refractivity contribution in [1.82, 2.24) is 16.0 Å². The van der Waals surface area contributed by atoms with Gasteiger partial charge in [-0.1, -0.05) is 42.7 Å². The van der Waals surface area contributed by atoms with Crippen LogP contribution in [0.2, 0.25) is 0 Å². The maximum atomic E-state index is 11.9. The SMILES string of the molecule is CN=C(NCCNC(=O)CC1CCCC1)NCc1ccc(C)cc1. The maximum Gasteiger partial charge on any atom is 0.220 e. The van der Waals surface area contributed by atoms with E-state index in [1.54, 1.807) is 7.05 Å². The Morgan fingerprint density at radius 1 is 1.08 bits per heavy atom. The fraction of sp³-hybridized carbons (Fsp3) is 0.579. The first-order valence-corrected chi connectivity index (χ1v) is 8.94. The van der Waals surface area contributed by atoms with E-state index in [0.29, 0.717) is 25.4 Å². The van der Waals surface area contributed by atoms with Crippen LogP contribution < -0.4 is 16.0 Å². The summed E-state index contributed by atoms with van der Waals surface area (Å²) in [5.74, 6) is 1.52. The Balaban J connectivity index is 1.59. The quantitative estimate of drug-likeness (QED) is 0.408. The van der Waals surface area contributed by atoms with Crippen molar-refractivity contribution in [2.24, 2.45) is 10.9 Å². The summed E-state index contributed by atoms with van der Waals surface area (Å²) in [6, 6.07) is 8.43. The molecule has 0 saturated heterocycles. The number of aryl methyl sites for hydroxylation is 1. The van der Waals surface area contributed by atoms with Crippen LogP contribution in [-0.2, 0) is 11.3 Å². The molecule has 1 aromatic rings. The van der Waals surface area contributed by atoms with Crippen LogP contribution in [0.5, 0.6) is 0 Å². The molecule has 3 N–H and O–H groups in total. The van der Waals surface area contributed by atoms with E-state index >= 15 is 0 Å². The third-order valence-corrected chi connectivity index (χ3v) is 4.49. The van der Waals surface area contributed by atoms with Gasteiger partial charge in [-0.25, -0.2) is 0 Å². The largest absolute Gasteiger partial charge is 0.355 e. The smallest absolute Gasteiger partial charge is 0.220 e. The van der Waals surface area contributed by atoms with E-state index in [4.69, 9.17) is 0 Å². The van der Waals surface area contributed by atoms with Crippen molar-refractivity contribution in [3.63, 3.8) is 0 Å². The highest BCUT2D eigenvalue weighted by atomic mass is 16.1. The van der Waals surface area contributed by atoms with Crippen LogP contribution in [0.15, 0.2) is 29.3 Å². The Labute approximate surface area is 145 Å². The van der Waals surface area contributed by atoms with Crippen LogP contribution in [0, 0.1) is 12.8 Å². The predicted octanol–water partition coefficient (Wildman–Crippen LogP) is 2.36. The lowest BCUT2D eigenvalue weighted by Gasteiger charge is -2.13. The van der Waals surface area contributed by atoms with Crippen molar-refractivity contribution < 1.29 is 4.79 Å². The summed E-state index contributed by atoms with van der Waals surface area (Å²) in [4.78, 5) is 16.1. The van der Waals surface area contributed by atoms with Gasteiger partial charge in [-0.3, -0.25) is 9.79 Å². The number of aliphatic imine (C=N–C) groups is 1. The van der Waals surface area contributed by atoms with Crippen molar-refractivity contribution in [3.8, 4) is 0 Å². The van der Waals surface area contributed by atoms with Crippen molar-refractivity contribution in [2.45, 2.75) is 45.6 Å². The Morgan fingerprint density at radius 2 is 1.75 bits per heavy atom. The van der Waals surface area contributed by atoms with E-state index in [9.17, 15) is 4.79 Å². The molecule has 1 amide bonds. The summed E-state index contributed by atoms with van der Waals surface area (Å²) in [6.45, 7) is 4.10. The molecule has 132 valence electrons. The van der Waals surface area contributed by atoms with Gasteiger partial charge >= 0.3 is 0 Å². The fourth-order valence-corrected chi connectivity index (χ4v) is 3.04. The Morgan fingerprint density at radius 3 is 2.42 bits per heavy atom. The predicted molar refractivity (Wildman–Crippen MR) is 99.0 cm³/mol. The second-order valence-electron chi connectivity index (χ2n) is 6.54. The molecule has 0 radical (unpaired) electrons. The average molecular weight is 330 g/mol. The Hall–Kier alpha value is -2.04. The maximum absolute atomic E-state index is 11.9. The van der Waals surface area contributed by atoms with Gasteiger partial charge in [0.2, 0.25) is 5.91 Å². The molecule has 5 heteroatoms. The third kappa shape index (κ3) is 6.60. The van der Waals surface area contributed by atoms with Gasteiger partial charge in [-0.05, 0) is 31.2 Å². The summed E-state index contributed by atoms with van der Waals surface area (Å²) in [5.41, 5.74) is 2.48. The van der Waals surface area contributed by atoms with Gasteiger partial charge < -0.3 is 16.0 Å². The number of hydrogen-bond donors (Lipinski definition) is 3. The molecule has 0 heterocycles. The molecule has 1 fully saturated rings. The lowest BCUT2D eigenvalue weighted by molar-refractivity contribution is -0.121. The molecule has 1 aliphatic rings. The standard InChI is InChI=1S/C19H30N4O/c1-15-7-9-17(10-8-15)14-23-19(20-2)22-12-11-21-18(24)13-16-5-3-4-6-16/h7-10,16H,3-6,11-14H2,1-2H3,(H,21,24)(H2,20,22,23). The number of guanidine groups is 1. The number of nitrogens with one attached hydrogen (secondary N) is 3. The minimum absolute atomic E-state index is 0.173. The highest BCUT2D eigenvalue weighted by Gasteiger charge is 2.17. The third-order valence-electron chi connectivity index (χ3n) is 4.49. The second kappa shape index (κ2) is 9.96. The lowest BCUT2D eigenvalue weighted by atomic mass is 10.0. The molecule has 5 nitrogen and oxygen atoms in total. The van der Waals surface area contributed by atoms with Gasteiger partial charge in [-0.15, -0.1) is 0 Å². The van der Waals surface area contributed by atoms with Crippen LogP contribution in [-0.4, -0.2) is 32.0 Å². The molecule has 1 aliphatic carbocycles. The molecule has 24 heavy (non-hydrogen) atoms. The van der Waals surface area contributed by atoms with E-state index in [0.717, 1.165) is 12.5 Å². The summed E-state index contributed by atoms with van der Waals surface area (Å²) in [5, 5.41) is 9.49. The number of amides is 1. The molecule has 1 aromatic carbocycles. The van der Waals surface area contributed by atoms with Crippen LogP contribution in [0.4, 0.5) is 0 Å². The van der Waals surface area contributed by atoms with E-state index in [-0.39, 0.29) is 5.91 Å². The van der Waals surface area contributed by atoms with E-state index in [2.05, 4.69) is 52.1 Å². The van der Waals surface area contributed by atoms with E-state index < -0.39 is 0 Å². The monoisotopic (exact) mass is 330 g/mol. The molecule has 0 bridgehead atoms. The Bertz CT molecular complexity index is 533. The first-order valence-electron chi connectivity index (χ1n) is 8.94. The van der Waals surface area contributed by atoms with Crippen LogP contribution >= 0.6 is 0 Å². The van der Waals surface area contributed by atoms with Gasteiger partial charge in [0, 0.05) is 33.1 Å². The molecule has 0 atom stereocenters. The summed E-state index contributed by atoms with van der Waals surface area (Å²) >= 11 is 0. The normalized spacial score (nSPS) is 15.3. The molecule has 2 rings (SSSR count). The number of benzene rings is 1. The number of hydrogen-bond acceptors (Lipinski definition) is 2. The summed E-state index contributed by atoms with van der Waals surface area (Å²) in [7, 11) is 1.75. The van der Waals surface area contributed by atoms with Crippen molar-refractivity contribution >= 4 is 11.9 Å². The summed E-state index contributed by atoms with van der Waals surface area (Å²) < 4.78 is 0. The van der Waals surface area contributed by atoms with Crippen molar-refractivity contribution in [2.75, 3.05) is 20.1 Å². The molecule has 0 aliphatic heterocycles. The van der Waals surface area contributed by atoms with E-state index in [1.807, 2.05) is 0 Å². The minimum atomic E-state index is 0.173. The van der Waals surface area contributed by atoms with E-state index in [1.165, 1.54) is 36.8 Å². The summed E-state index contributed by atoms with van der Waals surface area (Å²) in [6.07, 6.45) is 5.66. The first-order chi connectivity index (χ1) is 11.7. The topological polar surface area (TPSA) is 65.5 Å². The number of carbonyl (C=O) groups is 1. The lowest BCUT2D eigenvalue weighted by Crippen LogP contribution is -2.41. The zero-order valence-electron chi connectivity index (χ0n) is 14.9. The highest BCUT2D eigenvalue weighted by Crippen LogP contribution is 2.27. The first kappa shape index (κ1) is 18.3. The molecule has 0 unspecified atom stereocenters. The molecule has 1 saturated carbocycles. The Kier molecular flexibility index (Phi) is 7.59. The second-order valence-corrected chi connectivity index (χ2v) is 6.54. The number of carbonyl (C=O) groups excluding carboxylic acids is 1. The van der Waals surface area contributed by atoms with Crippen LogP contribution in [0.25, 0.3) is 0 Å². The van der Waals surface area contributed by atoms with Gasteiger partial charge in [0.05, 0.1) is 0 Å². The molecular weight excluding hydrogens is 300 g/mol. The van der Waals surface area contributed by atoms with Gasteiger partial charge in [0.1, 0.15) is 0 Å². The van der Waals surface area contributed by atoms with Gasteiger partial charge in [-0.2, -0.15) is 0 Å². The van der Waals surface area contributed by atoms with Crippen LogP contribution in [0.1, 0.15) is 43.2 Å². The molecular formula is C19H30N4O. The average Bonchev–Trinajstić information content (AvgIpc) is 3.08. The van der Waals surface area contributed by atoms with Crippen LogP contribution in [0.3, 0.4) is 0 Å². The van der Waals surface area contributed by atoms with Crippen molar-refractivity contribution in [3.05, 3.63) is 35.4 Å². The zero-order chi connectivity index (χ0) is 17.2. The number of nitrogens with zero attached hydrogens (tertiary/aromatic N) is 1. The van der Waals surface area contributed by atoms with Gasteiger partial charge in [0.25, 0.3) is 0 Å². The number of rotatable bonds is 7. The highest BCUT2D eigenvalue weighted by molar-refractivity contribution is 5.80.